The molecule has 2 aromatic rings. The molecule has 0 spiro atoms. The van der Waals surface area contributed by atoms with Gasteiger partial charge in [0.1, 0.15) is 18.2 Å². The topological polar surface area (TPSA) is 58.6 Å². The molecule has 2 N–H and O–H groups in total. The van der Waals surface area contributed by atoms with Crippen molar-refractivity contribution in [1.29, 1.82) is 0 Å². The van der Waals surface area contributed by atoms with Gasteiger partial charge in [-0.15, -0.1) is 0 Å². The minimum Gasteiger partial charge on any atom is -0.490 e. The predicted molar refractivity (Wildman–Crippen MR) is 92.0 cm³/mol. The van der Waals surface area contributed by atoms with Gasteiger partial charge >= 0.3 is 6.18 Å². The van der Waals surface area contributed by atoms with Crippen molar-refractivity contribution in [3.05, 3.63) is 59.4 Å². The number of benzene rings is 2. The Bertz CT molecular complexity index is 802. The molecule has 0 saturated carbocycles. The van der Waals surface area contributed by atoms with Gasteiger partial charge < -0.3 is 15.2 Å². The second kappa shape index (κ2) is 7.96. The summed E-state index contributed by atoms with van der Waals surface area (Å²) in [6.45, 7) is 2.29. The van der Waals surface area contributed by atoms with Gasteiger partial charge in [-0.2, -0.15) is 13.2 Å². The Labute approximate surface area is 153 Å². The molecule has 0 aliphatic rings. The largest absolute Gasteiger partial charge is 0.490 e. The number of halogens is 4. The normalized spacial score (nSPS) is 13.7. The van der Waals surface area contributed by atoms with Crippen molar-refractivity contribution < 1.29 is 32.2 Å². The highest BCUT2D eigenvalue weighted by Crippen LogP contribution is 2.34. The van der Waals surface area contributed by atoms with E-state index in [1.165, 1.54) is 24.3 Å². The van der Waals surface area contributed by atoms with Crippen LogP contribution in [0.15, 0.2) is 42.5 Å². The molecule has 8 heteroatoms. The molecule has 0 aromatic heterocycles. The van der Waals surface area contributed by atoms with Crippen LogP contribution in [0.25, 0.3) is 0 Å². The first-order chi connectivity index (χ1) is 12.5. The van der Waals surface area contributed by atoms with Crippen LogP contribution in [0.4, 0.5) is 23.2 Å². The second-order valence-electron chi connectivity index (χ2n) is 6.19. The van der Waals surface area contributed by atoms with E-state index in [9.17, 15) is 27.5 Å². The summed E-state index contributed by atoms with van der Waals surface area (Å²) in [6, 6.07) is 8.39. The van der Waals surface area contributed by atoms with E-state index in [0.29, 0.717) is 0 Å². The third-order valence-electron chi connectivity index (χ3n) is 3.88. The van der Waals surface area contributed by atoms with Crippen LogP contribution in [0, 0.1) is 5.82 Å². The van der Waals surface area contributed by atoms with Crippen molar-refractivity contribution in [3.63, 3.8) is 0 Å². The molecule has 2 rings (SSSR count). The SMILES string of the molecule is CCc1ccc(NC(=O)[C@@](C)(O)COc2ccc(F)cc2)cc1C(F)(F)F. The van der Waals surface area contributed by atoms with Crippen LogP contribution in [-0.2, 0) is 17.4 Å². The summed E-state index contributed by atoms with van der Waals surface area (Å²) in [5.74, 6) is -1.17. The molecule has 146 valence electrons. The Morgan fingerprint density at radius 2 is 1.78 bits per heavy atom. The Hall–Kier alpha value is -2.61. The fourth-order valence-corrected chi connectivity index (χ4v) is 2.31. The maximum absolute atomic E-state index is 13.1. The van der Waals surface area contributed by atoms with Gasteiger partial charge in [-0.25, -0.2) is 4.39 Å². The minimum absolute atomic E-state index is 0.0911. The van der Waals surface area contributed by atoms with Gasteiger partial charge in [-0.3, -0.25) is 4.79 Å². The first-order valence-corrected chi connectivity index (χ1v) is 8.15. The summed E-state index contributed by atoms with van der Waals surface area (Å²) in [5.41, 5.74) is -2.85. The van der Waals surface area contributed by atoms with Gasteiger partial charge in [0, 0.05) is 5.69 Å². The van der Waals surface area contributed by atoms with E-state index >= 15 is 0 Å². The molecule has 0 saturated heterocycles. The number of hydrogen-bond acceptors (Lipinski definition) is 3. The van der Waals surface area contributed by atoms with Gasteiger partial charge in [0.25, 0.3) is 5.91 Å². The average molecular weight is 385 g/mol. The third-order valence-corrected chi connectivity index (χ3v) is 3.88. The lowest BCUT2D eigenvalue weighted by molar-refractivity contribution is -0.138. The van der Waals surface area contributed by atoms with E-state index in [4.69, 9.17) is 4.74 Å². The van der Waals surface area contributed by atoms with E-state index in [1.807, 2.05) is 0 Å². The van der Waals surface area contributed by atoms with Crippen LogP contribution < -0.4 is 10.1 Å². The van der Waals surface area contributed by atoms with E-state index in [2.05, 4.69) is 5.32 Å². The van der Waals surface area contributed by atoms with Crippen molar-refractivity contribution in [2.75, 3.05) is 11.9 Å². The van der Waals surface area contributed by atoms with E-state index in [-0.39, 0.29) is 23.4 Å². The van der Waals surface area contributed by atoms with Crippen LogP contribution in [0.5, 0.6) is 5.75 Å². The first-order valence-electron chi connectivity index (χ1n) is 8.15. The molecular weight excluding hydrogens is 366 g/mol. The number of anilines is 1. The second-order valence-corrected chi connectivity index (χ2v) is 6.19. The molecule has 4 nitrogen and oxygen atoms in total. The Morgan fingerprint density at radius 3 is 2.33 bits per heavy atom. The smallest absolute Gasteiger partial charge is 0.416 e. The number of carbonyl (C=O) groups excluding carboxylic acids is 1. The molecule has 0 heterocycles. The Morgan fingerprint density at radius 1 is 1.15 bits per heavy atom. The number of rotatable bonds is 6. The van der Waals surface area contributed by atoms with Crippen LogP contribution in [0.2, 0.25) is 0 Å². The highest BCUT2D eigenvalue weighted by molar-refractivity contribution is 5.97. The van der Waals surface area contributed by atoms with Crippen molar-refractivity contribution in [2.24, 2.45) is 0 Å². The van der Waals surface area contributed by atoms with Gasteiger partial charge in [-0.1, -0.05) is 13.0 Å². The van der Waals surface area contributed by atoms with Crippen LogP contribution in [-0.4, -0.2) is 23.2 Å². The third kappa shape index (κ3) is 5.43. The lowest BCUT2D eigenvalue weighted by Crippen LogP contribution is -2.45. The fraction of sp³-hybridized carbons (Fsp3) is 0.316. The van der Waals surface area contributed by atoms with E-state index < -0.39 is 35.7 Å². The molecule has 0 fully saturated rings. The average Bonchev–Trinajstić information content (AvgIpc) is 2.60. The van der Waals surface area contributed by atoms with Crippen LogP contribution >= 0.6 is 0 Å². The molecule has 0 radical (unpaired) electrons. The number of hydrogen-bond donors (Lipinski definition) is 2. The highest BCUT2D eigenvalue weighted by Gasteiger charge is 2.35. The summed E-state index contributed by atoms with van der Waals surface area (Å²) in [7, 11) is 0. The number of aryl methyl sites for hydroxylation is 1. The molecular formula is C19H19F4NO3. The molecule has 2 aromatic carbocycles. The lowest BCUT2D eigenvalue weighted by Gasteiger charge is -2.23. The van der Waals surface area contributed by atoms with E-state index in [0.717, 1.165) is 25.1 Å². The standard InChI is InChI=1S/C19H19F4NO3/c1-3-12-4-7-14(10-16(12)19(21,22)23)24-17(25)18(2,26)11-27-15-8-5-13(20)6-9-15/h4-10,26H,3,11H2,1-2H3,(H,24,25)/t18-/m0/s1. The van der Waals surface area contributed by atoms with Crippen LogP contribution in [0.1, 0.15) is 25.0 Å². The predicted octanol–water partition coefficient (Wildman–Crippen LogP) is 4.18. The summed E-state index contributed by atoms with van der Waals surface area (Å²) in [4.78, 5) is 12.2. The zero-order chi connectivity index (χ0) is 20.2. The summed E-state index contributed by atoms with van der Waals surface area (Å²) < 4.78 is 57.4. The maximum Gasteiger partial charge on any atom is 0.416 e. The summed E-state index contributed by atoms with van der Waals surface area (Å²) >= 11 is 0. The molecule has 0 aliphatic heterocycles. The van der Waals surface area contributed by atoms with Gasteiger partial charge in [0.2, 0.25) is 0 Å². The Kier molecular flexibility index (Phi) is 6.10. The maximum atomic E-state index is 13.1. The lowest BCUT2D eigenvalue weighted by atomic mass is 10.0. The minimum atomic E-state index is -4.56. The summed E-state index contributed by atoms with van der Waals surface area (Å²) in [6.07, 6.45) is -4.37. The number of ether oxygens (including phenoxy) is 1. The van der Waals surface area contributed by atoms with Crippen molar-refractivity contribution in [1.82, 2.24) is 0 Å². The molecule has 0 aliphatic carbocycles. The van der Waals surface area contributed by atoms with Gasteiger partial charge in [0.05, 0.1) is 5.56 Å². The van der Waals surface area contributed by atoms with Gasteiger partial charge in [-0.05, 0) is 55.3 Å². The Balaban J connectivity index is 2.09. The number of carbonyl (C=O) groups is 1. The molecule has 0 unspecified atom stereocenters. The van der Waals surface area contributed by atoms with Crippen molar-refractivity contribution in [3.8, 4) is 5.75 Å². The number of nitrogens with one attached hydrogen (secondary N) is 1. The highest BCUT2D eigenvalue weighted by atomic mass is 19.4. The summed E-state index contributed by atoms with van der Waals surface area (Å²) in [5, 5.41) is 12.5. The monoisotopic (exact) mass is 385 g/mol. The molecule has 0 bridgehead atoms. The number of amides is 1. The van der Waals surface area contributed by atoms with Crippen LogP contribution in [0.3, 0.4) is 0 Å². The first kappa shape index (κ1) is 20.7. The van der Waals surface area contributed by atoms with Gasteiger partial charge in [0.15, 0.2) is 5.60 Å². The number of alkyl halides is 3. The molecule has 1 atom stereocenters. The van der Waals surface area contributed by atoms with Crippen molar-refractivity contribution in [2.45, 2.75) is 32.0 Å². The quantitative estimate of drug-likeness (QED) is 0.734. The number of aliphatic hydroxyl groups is 1. The van der Waals surface area contributed by atoms with Crippen molar-refractivity contribution >= 4 is 11.6 Å². The zero-order valence-corrected chi connectivity index (χ0v) is 14.7. The molecule has 27 heavy (non-hydrogen) atoms. The molecule has 1 amide bonds. The zero-order valence-electron chi connectivity index (χ0n) is 14.7. The van der Waals surface area contributed by atoms with E-state index in [1.54, 1.807) is 6.92 Å². The fourth-order valence-electron chi connectivity index (χ4n) is 2.31.